The normalized spacial score (nSPS) is 12.5. The topological polar surface area (TPSA) is 12.0 Å². The monoisotopic (exact) mass is 285 g/mol. The van der Waals surface area contributed by atoms with Crippen LogP contribution >= 0.6 is 0 Å². The van der Waals surface area contributed by atoms with Gasteiger partial charge in [0.15, 0.2) is 0 Å². The Hall–Kier alpha value is -1.67. The van der Waals surface area contributed by atoms with Gasteiger partial charge in [0, 0.05) is 11.4 Å². The van der Waals surface area contributed by atoms with E-state index in [1.54, 1.807) is 6.07 Å². The first-order chi connectivity index (χ1) is 10.3. The summed E-state index contributed by atoms with van der Waals surface area (Å²) in [5.41, 5.74) is 1.20. The lowest BCUT2D eigenvalue weighted by Crippen LogP contribution is -2.22. The highest BCUT2D eigenvalue weighted by Crippen LogP contribution is 2.29. The summed E-state index contributed by atoms with van der Waals surface area (Å²) >= 11 is 0. The van der Waals surface area contributed by atoms with Crippen molar-refractivity contribution in [2.45, 2.75) is 38.6 Å². The van der Waals surface area contributed by atoms with Gasteiger partial charge in [0.05, 0.1) is 0 Å². The van der Waals surface area contributed by atoms with Crippen LogP contribution in [0.25, 0.3) is 10.8 Å². The predicted octanol–water partition coefficient (Wildman–Crippen LogP) is 5.38. The molecule has 0 saturated heterocycles. The molecule has 1 unspecified atom stereocenters. The van der Waals surface area contributed by atoms with Crippen LogP contribution in [0.4, 0.5) is 4.39 Å². The standard InChI is InChI=1S/C19H24FN/c1-3-5-6-11-19(21-14-4-2)17-12-13-18(20)16-10-8-7-9-15(16)17/h3,7-10,12-13,19,21H,1,4-6,11,14H2,2H3. The first-order valence-electron chi connectivity index (χ1n) is 7.79. The number of fused-ring (bicyclic) bond motifs is 1. The van der Waals surface area contributed by atoms with Crippen LogP contribution in [-0.4, -0.2) is 6.54 Å². The first-order valence-corrected chi connectivity index (χ1v) is 7.79. The van der Waals surface area contributed by atoms with E-state index in [9.17, 15) is 4.39 Å². The minimum atomic E-state index is -0.144. The molecule has 1 N–H and O–H groups in total. The smallest absolute Gasteiger partial charge is 0.131 e. The van der Waals surface area contributed by atoms with E-state index < -0.39 is 0 Å². The van der Waals surface area contributed by atoms with Crippen molar-refractivity contribution < 1.29 is 4.39 Å². The fraction of sp³-hybridized carbons (Fsp3) is 0.368. The van der Waals surface area contributed by atoms with Crippen molar-refractivity contribution >= 4 is 10.8 Å². The molecule has 0 fully saturated rings. The van der Waals surface area contributed by atoms with Gasteiger partial charge in [-0.15, -0.1) is 6.58 Å². The third-order valence-electron chi connectivity index (χ3n) is 3.82. The van der Waals surface area contributed by atoms with E-state index in [0.29, 0.717) is 5.39 Å². The molecule has 2 aromatic rings. The van der Waals surface area contributed by atoms with E-state index in [2.05, 4.69) is 18.8 Å². The van der Waals surface area contributed by atoms with Crippen molar-refractivity contribution in [1.82, 2.24) is 5.32 Å². The molecular weight excluding hydrogens is 261 g/mol. The molecule has 0 heterocycles. The van der Waals surface area contributed by atoms with Gasteiger partial charge in [0.2, 0.25) is 0 Å². The Balaban J connectivity index is 2.34. The Bertz CT molecular complexity index is 591. The van der Waals surface area contributed by atoms with Crippen LogP contribution in [-0.2, 0) is 0 Å². The van der Waals surface area contributed by atoms with Gasteiger partial charge < -0.3 is 5.32 Å². The molecule has 2 heteroatoms. The fourth-order valence-corrected chi connectivity index (χ4v) is 2.74. The van der Waals surface area contributed by atoms with Crippen molar-refractivity contribution in [2.75, 3.05) is 6.54 Å². The van der Waals surface area contributed by atoms with Gasteiger partial charge in [0.1, 0.15) is 5.82 Å². The average Bonchev–Trinajstić information content (AvgIpc) is 2.52. The number of halogens is 1. The zero-order chi connectivity index (χ0) is 15.1. The molecule has 0 saturated carbocycles. The van der Waals surface area contributed by atoms with E-state index in [1.807, 2.05) is 36.4 Å². The SMILES string of the molecule is C=CCCCC(NCCC)c1ccc(F)c2ccccc12. The van der Waals surface area contributed by atoms with Crippen molar-refractivity contribution in [3.05, 3.63) is 60.4 Å². The molecule has 1 nitrogen and oxygen atoms in total. The Kier molecular flexibility index (Phi) is 5.94. The maximum absolute atomic E-state index is 14.0. The molecule has 0 aliphatic rings. The number of hydrogen-bond acceptors (Lipinski definition) is 1. The van der Waals surface area contributed by atoms with Gasteiger partial charge in [-0.25, -0.2) is 4.39 Å². The summed E-state index contributed by atoms with van der Waals surface area (Å²) in [5.74, 6) is -0.144. The molecule has 0 aliphatic heterocycles. The molecule has 0 aliphatic carbocycles. The van der Waals surface area contributed by atoms with Gasteiger partial charge in [-0.3, -0.25) is 0 Å². The lowest BCUT2D eigenvalue weighted by atomic mass is 9.95. The minimum Gasteiger partial charge on any atom is -0.310 e. The molecule has 1 atom stereocenters. The minimum absolute atomic E-state index is 0.144. The number of benzene rings is 2. The zero-order valence-corrected chi connectivity index (χ0v) is 12.7. The van der Waals surface area contributed by atoms with Crippen LogP contribution in [0.15, 0.2) is 49.1 Å². The van der Waals surface area contributed by atoms with Gasteiger partial charge in [-0.05, 0) is 49.2 Å². The third kappa shape index (κ3) is 3.92. The van der Waals surface area contributed by atoms with Crippen LogP contribution < -0.4 is 5.32 Å². The average molecular weight is 285 g/mol. The Morgan fingerprint density at radius 3 is 2.67 bits per heavy atom. The van der Waals surface area contributed by atoms with Crippen LogP contribution in [0.1, 0.15) is 44.2 Å². The van der Waals surface area contributed by atoms with Crippen LogP contribution in [0.2, 0.25) is 0 Å². The number of unbranched alkanes of at least 4 members (excludes halogenated alkanes) is 1. The van der Waals surface area contributed by atoms with Gasteiger partial charge in [-0.1, -0.05) is 43.3 Å². The van der Waals surface area contributed by atoms with E-state index in [0.717, 1.165) is 37.6 Å². The van der Waals surface area contributed by atoms with E-state index in [-0.39, 0.29) is 11.9 Å². The summed E-state index contributed by atoms with van der Waals surface area (Å²) in [6.45, 7) is 6.92. The first kappa shape index (κ1) is 15.7. The van der Waals surface area contributed by atoms with Crippen molar-refractivity contribution in [3.8, 4) is 0 Å². The Morgan fingerprint density at radius 2 is 1.95 bits per heavy atom. The fourth-order valence-electron chi connectivity index (χ4n) is 2.74. The van der Waals surface area contributed by atoms with Gasteiger partial charge in [-0.2, -0.15) is 0 Å². The van der Waals surface area contributed by atoms with Crippen molar-refractivity contribution in [1.29, 1.82) is 0 Å². The highest BCUT2D eigenvalue weighted by molar-refractivity contribution is 5.86. The van der Waals surface area contributed by atoms with Crippen molar-refractivity contribution in [2.24, 2.45) is 0 Å². The molecular formula is C19H24FN. The highest BCUT2D eigenvalue weighted by Gasteiger charge is 2.14. The molecule has 112 valence electrons. The number of nitrogens with one attached hydrogen (secondary N) is 1. The third-order valence-corrected chi connectivity index (χ3v) is 3.82. The second-order valence-electron chi connectivity index (χ2n) is 5.41. The van der Waals surface area contributed by atoms with E-state index >= 15 is 0 Å². The summed E-state index contributed by atoms with van der Waals surface area (Å²) in [4.78, 5) is 0. The zero-order valence-electron chi connectivity index (χ0n) is 12.7. The second kappa shape index (κ2) is 7.94. The largest absolute Gasteiger partial charge is 0.310 e. The molecule has 2 rings (SSSR count). The van der Waals surface area contributed by atoms with Gasteiger partial charge >= 0.3 is 0 Å². The lowest BCUT2D eigenvalue weighted by molar-refractivity contribution is 0.488. The summed E-state index contributed by atoms with van der Waals surface area (Å²) in [5, 5.41) is 5.33. The summed E-state index contributed by atoms with van der Waals surface area (Å²) in [6.07, 6.45) is 6.21. The quantitative estimate of drug-likeness (QED) is 0.507. The number of hydrogen-bond donors (Lipinski definition) is 1. The summed E-state index contributed by atoms with van der Waals surface area (Å²) in [7, 11) is 0. The summed E-state index contributed by atoms with van der Waals surface area (Å²) in [6, 6.07) is 11.5. The highest BCUT2D eigenvalue weighted by atomic mass is 19.1. The molecule has 0 bridgehead atoms. The van der Waals surface area contributed by atoms with Crippen LogP contribution in [0, 0.1) is 5.82 Å². The number of allylic oxidation sites excluding steroid dienone is 1. The lowest BCUT2D eigenvalue weighted by Gasteiger charge is -2.21. The Labute approximate surface area is 126 Å². The van der Waals surface area contributed by atoms with Gasteiger partial charge in [0.25, 0.3) is 0 Å². The maximum atomic E-state index is 14.0. The maximum Gasteiger partial charge on any atom is 0.131 e. The molecule has 0 radical (unpaired) electrons. The van der Waals surface area contributed by atoms with E-state index in [1.165, 1.54) is 5.56 Å². The van der Waals surface area contributed by atoms with Crippen molar-refractivity contribution in [3.63, 3.8) is 0 Å². The molecule has 2 aromatic carbocycles. The molecule has 0 spiro atoms. The molecule has 21 heavy (non-hydrogen) atoms. The Morgan fingerprint density at radius 1 is 1.19 bits per heavy atom. The summed E-state index contributed by atoms with van der Waals surface area (Å²) < 4.78 is 14.0. The van der Waals surface area contributed by atoms with Crippen LogP contribution in [0.3, 0.4) is 0 Å². The van der Waals surface area contributed by atoms with E-state index in [4.69, 9.17) is 0 Å². The molecule has 0 aromatic heterocycles. The molecule has 0 amide bonds. The van der Waals surface area contributed by atoms with Crippen LogP contribution in [0.5, 0.6) is 0 Å². The number of rotatable bonds is 8. The second-order valence-corrected chi connectivity index (χ2v) is 5.41. The predicted molar refractivity (Wildman–Crippen MR) is 89.0 cm³/mol.